The summed E-state index contributed by atoms with van der Waals surface area (Å²) < 4.78 is 11.2. The van der Waals surface area contributed by atoms with Crippen molar-refractivity contribution in [2.45, 2.75) is 11.0 Å². The molecule has 0 aromatic heterocycles. The van der Waals surface area contributed by atoms with Gasteiger partial charge in [0.05, 0.1) is 5.03 Å². The van der Waals surface area contributed by atoms with Gasteiger partial charge in [0.2, 0.25) is 7.98 Å². The maximum Gasteiger partial charge on any atom is 0.334 e. The zero-order valence-electron chi connectivity index (χ0n) is 14.0. The van der Waals surface area contributed by atoms with Gasteiger partial charge in [-0.25, -0.2) is 4.79 Å². The van der Waals surface area contributed by atoms with Crippen LogP contribution in [0.4, 0.5) is 5.69 Å². The van der Waals surface area contributed by atoms with E-state index in [1.807, 2.05) is 43.1 Å². The maximum absolute atomic E-state index is 11.7. The van der Waals surface area contributed by atoms with Crippen LogP contribution in [-0.4, -0.2) is 38.2 Å². The lowest BCUT2D eigenvalue weighted by atomic mass is 10.2. The van der Waals surface area contributed by atoms with Crippen LogP contribution in [0.15, 0.2) is 45.8 Å². The molecule has 2 aliphatic rings. The maximum atomic E-state index is 11.7. The van der Waals surface area contributed by atoms with Crippen molar-refractivity contribution in [1.82, 2.24) is 0 Å². The van der Waals surface area contributed by atoms with Gasteiger partial charge in [-0.15, -0.1) is 0 Å². The molecule has 1 aromatic carbocycles. The van der Waals surface area contributed by atoms with Gasteiger partial charge in [-0.2, -0.15) is 22.3 Å². The van der Waals surface area contributed by atoms with E-state index in [2.05, 4.69) is 6.58 Å². The van der Waals surface area contributed by atoms with E-state index in [-0.39, 0.29) is 24.3 Å². The number of hydrogen-bond acceptors (Lipinski definition) is 8. The standard InChI is InChI=1S/C17H14BN3O3S2/c1-10-8-25-9-13(24-17(10)22)7-23-12-2-3-14-15(4-12)26-16(21(14)18)11(5-19)6-20/h2-4,13H,1,7-9,18H2. The van der Waals surface area contributed by atoms with Crippen LogP contribution in [-0.2, 0) is 9.53 Å². The molecule has 0 N–H and O–H groups in total. The summed E-state index contributed by atoms with van der Waals surface area (Å²) in [6, 6.07) is 9.41. The molecule has 3 rings (SSSR count). The van der Waals surface area contributed by atoms with Gasteiger partial charge in [0.25, 0.3) is 0 Å². The fraction of sp³-hybridized carbons (Fsp3) is 0.235. The van der Waals surface area contributed by atoms with Crippen molar-refractivity contribution < 1.29 is 14.3 Å². The lowest BCUT2D eigenvalue weighted by Crippen LogP contribution is -2.26. The molecule has 0 aliphatic carbocycles. The van der Waals surface area contributed by atoms with Gasteiger partial charge in [-0.05, 0) is 18.2 Å². The van der Waals surface area contributed by atoms with E-state index < -0.39 is 0 Å². The van der Waals surface area contributed by atoms with E-state index in [0.29, 0.717) is 27.9 Å². The van der Waals surface area contributed by atoms with E-state index in [1.54, 1.807) is 11.8 Å². The number of cyclic esters (lactones) is 1. The largest absolute Gasteiger partial charge is 0.490 e. The Labute approximate surface area is 160 Å². The first-order valence-corrected chi connectivity index (χ1v) is 9.70. The highest BCUT2D eigenvalue weighted by Gasteiger charge is 2.26. The van der Waals surface area contributed by atoms with Crippen molar-refractivity contribution in [3.8, 4) is 17.9 Å². The van der Waals surface area contributed by atoms with E-state index in [1.165, 1.54) is 11.8 Å². The van der Waals surface area contributed by atoms with Gasteiger partial charge >= 0.3 is 5.97 Å². The zero-order valence-corrected chi connectivity index (χ0v) is 15.7. The molecule has 0 spiro atoms. The van der Waals surface area contributed by atoms with Crippen molar-refractivity contribution in [1.29, 1.82) is 10.5 Å². The van der Waals surface area contributed by atoms with E-state index in [4.69, 9.17) is 20.0 Å². The van der Waals surface area contributed by atoms with Gasteiger partial charge in [0, 0.05) is 27.7 Å². The smallest absolute Gasteiger partial charge is 0.334 e. The Morgan fingerprint density at radius 3 is 2.96 bits per heavy atom. The number of carbonyl (C=O) groups is 1. The molecule has 1 aromatic rings. The monoisotopic (exact) mass is 383 g/mol. The van der Waals surface area contributed by atoms with Crippen LogP contribution in [0.25, 0.3) is 0 Å². The summed E-state index contributed by atoms with van der Waals surface area (Å²) in [4.78, 5) is 14.5. The van der Waals surface area contributed by atoms with Gasteiger partial charge < -0.3 is 14.3 Å². The zero-order chi connectivity index (χ0) is 18.7. The van der Waals surface area contributed by atoms with Crippen molar-refractivity contribution in [2.75, 3.05) is 22.9 Å². The molecule has 0 saturated carbocycles. The minimum atomic E-state index is -0.370. The average Bonchev–Trinajstić information content (AvgIpc) is 2.86. The van der Waals surface area contributed by atoms with Gasteiger partial charge in [0.1, 0.15) is 30.6 Å². The number of anilines is 1. The lowest BCUT2D eigenvalue weighted by molar-refractivity contribution is -0.144. The van der Waals surface area contributed by atoms with Crippen molar-refractivity contribution in [3.05, 3.63) is 41.0 Å². The summed E-state index contributed by atoms with van der Waals surface area (Å²) in [5.41, 5.74) is 1.46. The number of thioether (sulfide) groups is 2. The second-order valence-corrected chi connectivity index (χ2v) is 7.71. The Morgan fingerprint density at radius 1 is 1.46 bits per heavy atom. The lowest BCUT2D eigenvalue weighted by Gasteiger charge is -2.16. The number of benzene rings is 1. The van der Waals surface area contributed by atoms with Gasteiger partial charge in [-0.1, -0.05) is 18.3 Å². The second-order valence-electron chi connectivity index (χ2n) is 5.65. The Morgan fingerprint density at radius 2 is 2.23 bits per heavy atom. The minimum Gasteiger partial charge on any atom is -0.490 e. The molecule has 6 nitrogen and oxygen atoms in total. The Kier molecular flexibility index (Phi) is 5.50. The molecule has 2 heterocycles. The Hall–Kier alpha value is -2.49. The van der Waals surface area contributed by atoms with Crippen LogP contribution in [0.2, 0.25) is 0 Å². The summed E-state index contributed by atoms with van der Waals surface area (Å²) in [6.45, 7) is 3.96. The molecule has 26 heavy (non-hydrogen) atoms. The second kappa shape index (κ2) is 7.82. The van der Waals surface area contributed by atoms with Crippen LogP contribution in [0.5, 0.6) is 5.75 Å². The molecular formula is C17H14BN3O3S2. The molecule has 130 valence electrons. The average molecular weight is 383 g/mol. The van der Waals surface area contributed by atoms with Crippen molar-refractivity contribution in [3.63, 3.8) is 0 Å². The van der Waals surface area contributed by atoms with Crippen molar-refractivity contribution >= 4 is 43.2 Å². The molecule has 1 unspecified atom stereocenters. The first-order valence-electron chi connectivity index (χ1n) is 7.73. The van der Waals surface area contributed by atoms with Crippen LogP contribution >= 0.6 is 23.5 Å². The molecule has 1 saturated heterocycles. The van der Waals surface area contributed by atoms with Crippen LogP contribution in [0, 0.1) is 22.7 Å². The number of ether oxygens (including phenoxy) is 2. The molecule has 0 radical (unpaired) electrons. The summed E-state index contributed by atoms with van der Waals surface area (Å²) in [5, 5.41) is 18.8. The summed E-state index contributed by atoms with van der Waals surface area (Å²) in [6.07, 6.45) is -0.324. The Bertz CT molecular complexity index is 872. The molecule has 1 fully saturated rings. The SMILES string of the molecule is BN1C(=C(C#N)C#N)Sc2cc(OCC3CSCC(=C)C(=O)O3)ccc21. The van der Waals surface area contributed by atoms with Gasteiger partial charge in [-0.3, -0.25) is 0 Å². The summed E-state index contributed by atoms with van der Waals surface area (Å²) >= 11 is 2.96. The van der Waals surface area contributed by atoms with E-state index in [0.717, 1.165) is 10.6 Å². The first-order chi connectivity index (χ1) is 12.5. The van der Waals surface area contributed by atoms with E-state index in [9.17, 15) is 4.79 Å². The van der Waals surface area contributed by atoms with Crippen molar-refractivity contribution in [2.24, 2.45) is 0 Å². The normalized spacial score (nSPS) is 19.1. The molecule has 0 bridgehead atoms. The quantitative estimate of drug-likeness (QED) is 0.339. The van der Waals surface area contributed by atoms with Gasteiger partial charge in [0.15, 0.2) is 5.57 Å². The number of nitrogens with zero attached hydrogens (tertiary/aromatic N) is 3. The highest BCUT2D eigenvalue weighted by atomic mass is 32.2. The number of allylic oxidation sites excluding steroid dienone is 1. The number of hydrogen-bond donors (Lipinski definition) is 0. The third kappa shape index (κ3) is 3.69. The number of esters is 1. The topological polar surface area (TPSA) is 86.4 Å². The van der Waals surface area contributed by atoms with Crippen LogP contribution < -0.4 is 9.55 Å². The predicted molar refractivity (Wildman–Crippen MR) is 103 cm³/mol. The number of fused-ring (bicyclic) bond motifs is 1. The third-order valence-electron chi connectivity index (χ3n) is 3.82. The highest BCUT2D eigenvalue weighted by molar-refractivity contribution is 8.03. The van der Waals surface area contributed by atoms with Crippen LogP contribution in [0.1, 0.15) is 0 Å². The fourth-order valence-electron chi connectivity index (χ4n) is 2.48. The van der Waals surface area contributed by atoms with E-state index >= 15 is 0 Å². The molecule has 9 heteroatoms. The minimum absolute atomic E-state index is 0.0822. The fourth-order valence-corrected chi connectivity index (χ4v) is 4.51. The predicted octanol–water partition coefficient (Wildman–Crippen LogP) is 2.00. The number of carbonyl (C=O) groups excluding carboxylic acids is 1. The third-order valence-corrected chi connectivity index (χ3v) is 6.20. The number of rotatable bonds is 3. The summed E-state index contributed by atoms with van der Waals surface area (Å²) in [5.74, 6) is 1.51. The molecule has 2 aliphatic heterocycles. The molecule has 0 amide bonds. The first kappa shape index (κ1) is 18.3. The number of nitriles is 2. The summed E-state index contributed by atoms with van der Waals surface area (Å²) in [7, 11) is 1.82. The molecule has 1 atom stereocenters. The highest BCUT2D eigenvalue weighted by Crippen LogP contribution is 2.47. The Balaban J connectivity index is 1.70. The van der Waals surface area contributed by atoms with Crippen LogP contribution in [0.3, 0.4) is 0 Å². The molecular weight excluding hydrogens is 369 g/mol.